The Balaban J connectivity index is 2.29. The highest BCUT2D eigenvalue weighted by Gasteiger charge is 2.31. The maximum Gasteiger partial charge on any atom is 0.234 e. The van der Waals surface area contributed by atoms with E-state index in [1.165, 1.54) is 0 Å². The number of carbonyl (C=O) groups is 1. The monoisotopic (exact) mass is 262 g/mol. The fourth-order valence-corrected chi connectivity index (χ4v) is 3.49. The Kier molecular flexibility index (Phi) is 4.55. The Labute approximate surface area is 103 Å². The zero-order chi connectivity index (χ0) is 13.1. The van der Waals surface area contributed by atoms with E-state index in [-0.39, 0.29) is 35.5 Å². The van der Waals surface area contributed by atoms with Crippen molar-refractivity contribution >= 4 is 15.7 Å². The highest BCUT2D eigenvalue weighted by Crippen LogP contribution is 2.18. The fourth-order valence-electron chi connectivity index (χ4n) is 1.72. The second kappa shape index (κ2) is 5.35. The molecule has 1 heterocycles. The largest absolute Gasteiger partial charge is 0.354 e. The van der Waals surface area contributed by atoms with E-state index >= 15 is 0 Å². The second-order valence-electron chi connectivity index (χ2n) is 5.54. The summed E-state index contributed by atoms with van der Waals surface area (Å²) >= 11 is 0. The molecule has 0 bridgehead atoms. The molecular formula is C11H22N2O3S. The highest BCUT2D eigenvalue weighted by atomic mass is 32.2. The molecule has 1 rings (SSSR count). The van der Waals surface area contributed by atoms with Crippen LogP contribution in [0.3, 0.4) is 0 Å². The van der Waals surface area contributed by atoms with Crippen LogP contribution in [0.4, 0.5) is 0 Å². The first-order valence-corrected chi connectivity index (χ1v) is 7.65. The SMILES string of the molecule is CC(C)(C)NCC(=O)NCC1CCCS1(=O)=O. The summed E-state index contributed by atoms with van der Waals surface area (Å²) < 4.78 is 23.0. The van der Waals surface area contributed by atoms with Crippen LogP contribution in [0.2, 0.25) is 0 Å². The van der Waals surface area contributed by atoms with Gasteiger partial charge in [-0.3, -0.25) is 4.79 Å². The molecule has 0 aromatic heterocycles. The molecule has 0 aliphatic carbocycles. The molecule has 5 nitrogen and oxygen atoms in total. The summed E-state index contributed by atoms with van der Waals surface area (Å²) in [5.41, 5.74) is -0.114. The van der Waals surface area contributed by atoms with Gasteiger partial charge in [0.15, 0.2) is 9.84 Å². The van der Waals surface area contributed by atoms with Crippen molar-refractivity contribution in [2.75, 3.05) is 18.8 Å². The minimum atomic E-state index is -2.96. The van der Waals surface area contributed by atoms with E-state index < -0.39 is 9.84 Å². The summed E-state index contributed by atoms with van der Waals surface area (Å²) in [6, 6.07) is 0. The van der Waals surface area contributed by atoms with Crippen molar-refractivity contribution in [2.45, 2.75) is 44.4 Å². The molecule has 0 aromatic rings. The molecule has 6 heteroatoms. The molecule has 1 fully saturated rings. The summed E-state index contributed by atoms with van der Waals surface area (Å²) in [7, 11) is -2.96. The summed E-state index contributed by atoms with van der Waals surface area (Å²) in [4.78, 5) is 11.5. The molecule has 1 aliphatic heterocycles. The van der Waals surface area contributed by atoms with Crippen molar-refractivity contribution in [3.05, 3.63) is 0 Å². The van der Waals surface area contributed by atoms with Crippen molar-refractivity contribution in [2.24, 2.45) is 0 Å². The van der Waals surface area contributed by atoms with Crippen molar-refractivity contribution in [3.8, 4) is 0 Å². The lowest BCUT2D eigenvalue weighted by atomic mass is 10.1. The number of amides is 1. The lowest BCUT2D eigenvalue weighted by molar-refractivity contribution is -0.120. The van der Waals surface area contributed by atoms with Gasteiger partial charge in [-0.05, 0) is 33.6 Å². The predicted octanol–water partition coefficient (Wildman–Crippen LogP) is 0.0679. The molecule has 0 aromatic carbocycles. The summed E-state index contributed by atoms with van der Waals surface area (Å²) in [5.74, 6) is 0.107. The standard InChI is InChI=1S/C11H22N2O3S/c1-11(2,3)13-8-10(14)12-7-9-5-4-6-17(9,15)16/h9,13H,4-8H2,1-3H3,(H,12,14). The molecule has 0 saturated carbocycles. The first kappa shape index (κ1) is 14.4. The van der Waals surface area contributed by atoms with Crippen LogP contribution >= 0.6 is 0 Å². The van der Waals surface area contributed by atoms with E-state index in [0.29, 0.717) is 12.8 Å². The molecule has 1 saturated heterocycles. The van der Waals surface area contributed by atoms with E-state index in [1.807, 2.05) is 20.8 Å². The van der Waals surface area contributed by atoms with E-state index in [9.17, 15) is 13.2 Å². The Hall–Kier alpha value is -0.620. The maximum atomic E-state index is 11.5. The van der Waals surface area contributed by atoms with Crippen molar-refractivity contribution in [3.63, 3.8) is 0 Å². The minimum Gasteiger partial charge on any atom is -0.354 e. The van der Waals surface area contributed by atoms with E-state index in [2.05, 4.69) is 10.6 Å². The van der Waals surface area contributed by atoms with Crippen LogP contribution in [0, 0.1) is 0 Å². The molecule has 17 heavy (non-hydrogen) atoms. The van der Waals surface area contributed by atoms with E-state index in [1.54, 1.807) is 0 Å². The van der Waals surface area contributed by atoms with Gasteiger partial charge in [-0.25, -0.2) is 8.42 Å². The number of nitrogens with one attached hydrogen (secondary N) is 2. The lowest BCUT2D eigenvalue weighted by Crippen LogP contribution is -2.45. The van der Waals surface area contributed by atoms with Crippen LogP contribution in [0.5, 0.6) is 0 Å². The first-order chi connectivity index (χ1) is 7.71. The number of hydrogen-bond donors (Lipinski definition) is 2. The summed E-state index contributed by atoms with van der Waals surface area (Å²) in [6.07, 6.45) is 1.37. The Morgan fingerprint density at radius 1 is 1.35 bits per heavy atom. The third-order valence-electron chi connectivity index (χ3n) is 2.77. The molecule has 1 unspecified atom stereocenters. The van der Waals surface area contributed by atoms with Crippen LogP contribution in [0.15, 0.2) is 0 Å². The maximum absolute atomic E-state index is 11.5. The van der Waals surface area contributed by atoms with Gasteiger partial charge >= 0.3 is 0 Å². The molecule has 100 valence electrons. The van der Waals surface area contributed by atoms with Crippen molar-refractivity contribution in [1.82, 2.24) is 10.6 Å². The quantitative estimate of drug-likeness (QED) is 0.752. The van der Waals surface area contributed by atoms with Crippen molar-refractivity contribution in [1.29, 1.82) is 0 Å². The zero-order valence-electron chi connectivity index (χ0n) is 10.7. The molecule has 1 amide bonds. The predicted molar refractivity (Wildman–Crippen MR) is 67.6 cm³/mol. The topological polar surface area (TPSA) is 75.3 Å². The van der Waals surface area contributed by atoms with Crippen LogP contribution in [0.1, 0.15) is 33.6 Å². The number of sulfone groups is 1. The van der Waals surface area contributed by atoms with E-state index in [4.69, 9.17) is 0 Å². The van der Waals surface area contributed by atoms with Crippen LogP contribution in [0.25, 0.3) is 0 Å². The van der Waals surface area contributed by atoms with Gasteiger partial charge in [-0.2, -0.15) is 0 Å². The lowest BCUT2D eigenvalue weighted by Gasteiger charge is -2.20. The molecule has 1 atom stereocenters. The average molecular weight is 262 g/mol. The number of rotatable bonds is 4. The van der Waals surface area contributed by atoms with Crippen LogP contribution in [-0.2, 0) is 14.6 Å². The zero-order valence-corrected chi connectivity index (χ0v) is 11.6. The molecule has 0 radical (unpaired) electrons. The second-order valence-corrected chi connectivity index (χ2v) is 7.94. The van der Waals surface area contributed by atoms with Gasteiger partial charge in [0.2, 0.25) is 5.91 Å². The molecule has 0 spiro atoms. The van der Waals surface area contributed by atoms with Gasteiger partial charge in [0, 0.05) is 12.1 Å². The van der Waals surface area contributed by atoms with Gasteiger partial charge in [0.05, 0.1) is 17.5 Å². The number of hydrogen-bond acceptors (Lipinski definition) is 4. The third-order valence-corrected chi connectivity index (χ3v) is 5.04. The van der Waals surface area contributed by atoms with Gasteiger partial charge in [-0.1, -0.05) is 0 Å². The number of carbonyl (C=O) groups excluding carboxylic acids is 1. The molecule has 1 aliphatic rings. The van der Waals surface area contributed by atoms with Crippen LogP contribution < -0.4 is 10.6 Å². The molecular weight excluding hydrogens is 240 g/mol. The normalized spacial score (nSPS) is 23.6. The van der Waals surface area contributed by atoms with Crippen molar-refractivity contribution < 1.29 is 13.2 Å². The highest BCUT2D eigenvalue weighted by molar-refractivity contribution is 7.92. The van der Waals surface area contributed by atoms with Crippen LogP contribution in [-0.4, -0.2) is 44.0 Å². The minimum absolute atomic E-state index is 0.114. The smallest absolute Gasteiger partial charge is 0.234 e. The summed E-state index contributed by atoms with van der Waals surface area (Å²) in [5, 5.41) is 5.34. The van der Waals surface area contributed by atoms with Gasteiger partial charge in [0.25, 0.3) is 0 Å². The van der Waals surface area contributed by atoms with E-state index in [0.717, 1.165) is 0 Å². The average Bonchev–Trinajstić information content (AvgIpc) is 2.50. The van der Waals surface area contributed by atoms with Gasteiger partial charge < -0.3 is 10.6 Å². The first-order valence-electron chi connectivity index (χ1n) is 5.94. The Morgan fingerprint density at radius 3 is 2.47 bits per heavy atom. The molecule has 2 N–H and O–H groups in total. The summed E-state index contributed by atoms with van der Waals surface area (Å²) in [6.45, 7) is 6.38. The Morgan fingerprint density at radius 2 is 2.00 bits per heavy atom. The third kappa shape index (κ3) is 5.04. The Bertz CT molecular complexity index is 371. The van der Waals surface area contributed by atoms with Gasteiger partial charge in [-0.15, -0.1) is 0 Å². The van der Waals surface area contributed by atoms with Gasteiger partial charge in [0.1, 0.15) is 0 Å². The fraction of sp³-hybridized carbons (Fsp3) is 0.909.